The molecule has 0 atom stereocenters. The van der Waals surface area contributed by atoms with E-state index in [1.807, 2.05) is 0 Å². The molecule has 0 saturated carbocycles. The number of halogens is 1. The zero-order chi connectivity index (χ0) is 14.3. The van der Waals surface area contributed by atoms with Gasteiger partial charge in [0.15, 0.2) is 0 Å². The van der Waals surface area contributed by atoms with Gasteiger partial charge in [0, 0.05) is 0 Å². The Kier molecular flexibility index (Phi) is 2.95. The molecular weight excluding hydrogens is 278 g/mol. The fourth-order valence-corrected chi connectivity index (χ4v) is 2.50. The van der Waals surface area contributed by atoms with Gasteiger partial charge in [-0.1, -0.05) is 29.8 Å². The van der Waals surface area contributed by atoms with Crippen molar-refractivity contribution in [1.82, 2.24) is 0 Å². The van der Waals surface area contributed by atoms with E-state index in [1.54, 1.807) is 30.3 Å². The molecule has 0 spiro atoms. The van der Waals surface area contributed by atoms with Gasteiger partial charge in [-0.25, -0.2) is 0 Å². The number of benzene rings is 2. The molecule has 2 aromatic carbocycles. The molecular formula is C15H10ClNO3. The molecule has 2 aromatic rings. The average molecular weight is 288 g/mol. The molecule has 0 saturated heterocycles. The number of rotatable bonds is 2. The minimum absolute atomic E-state index is 0.154. The summed E-state index contributed by atoms with van der Waals surface area (Å²) in [6.45, 7) is 0.262. The van der Waals surface area contributed by atoms with Crippen molar-refractivity contribution in [3.8, 4) is 5.75 Å². The van der Waals surface area contributed by atoms with E-state index < -0.39 is 11.7 Å². The third-order valence-electron chi connectivity index (χ3n) is 3.23. The van der Waals surface area contributed by atoms with E-state index in [0.717, 1.165) is 5.56 Å². The minimum atomic E-state index is -0.582. The second-order valence-corrected chi connectivity index (χ2v) is 4.93. The number of ketones is 1. The number of fused-ring (bicyclic) bond motifs is 1. The molecule has 0 unspecified atom stereocenters. The van der Waals surface area contributed by atoms with Gasteiger partial charge in [0.1, 0.15) is 5.75 Å². The molecule has 0 aromatic heterocycles. The van der Waals surface area contributed by atoms with Crippen LogP contribution in [0.15, 0.2) is 42.5 Å². The Balaban J connectivity index is 1.99. The van der Waals surface area contributed by atoms with Crippen LogP contribution < -0.4 is 4.90 Å². The lowest BCUT2D eigenvalue weighted by Gasteiger charge is -2.16. The molecule has 1 aliphatic rings. The number of aromatic hydroxyl groups is 1. The van der Waals surface area contributed by atoms with Crippen molar-refractivity contribution in [2.45, 2.75) is 6.54 Å². The smallest absolute Gasteiger partial charge is 0.299 e. The summed E-state index contributed by atoms with van der Waals surface area (Å²) in [6, 6.07) is 11.5. The number of phenolic OH excluding ortho intramolecular Hbond substituents is 1. The largest absolute Gasteiger partial charge is 0.508 e. The van der Waals surface area contributed by atoms with Crippen LogP contribution in [0, 0.1) is 0 Å². The second-order valence-electron chi connectivity index (χ2n) is 4.52. The number of anilines is 1. The second kappa shape index (κ2) is 4.65. The first-order valence-corrected chi connectivity index (χ1v) is 6.38. The fourth-order valence-electron chi connectivity index (χ4n) is 2.24. The molecule has 0 aliphatic carbocycles. The van der Waals surface area contributed by atoms with E-state index in [4.69, 9.17) is 11.6 Å². The Bertz CT molecular complexity index is 710. The van der Waals surface area contributed by atoms with E-state index in [2.05, 4.69) is 0 Å². The number of carbonyl (C=O) groups excluding carboxylic acids is 2. The number of phenols is 1. The van der Waals surface area contributed by atoms with Gasteiger partial charge in [-0.05, 0) is 29.8 Å². The number of hydrogen-bond donors (Lipinski definition) is 1. The molecule has 4 nitrogen and oxygen atoms in total. The average Bonchev–Trinajstić information content (AvgIpc) is 2.67. The van der Waals surface area contributed by atoms with E-state index in [-0.39, 0.29) is 22.9 Å². The molecule has 1 N–H and O–H groups in total. The molecule has 1 amide bonds. The van der Waals surface area contributed by atoms with Crippen molar-refractivity contribution in [1.29, 1.82) is 0 Å². The number of carbonyl (C=O) groups is 2. The number of Topliss-reactive ketones (excluding diaryl/α,β-unsaturated/α-hetero) is 1. The van der Waals surface area contributed by atoms with Crippen LogP contribution in [0.4, 0.5) is 5.69 Å². The first-order chi connectivity index (χ1) is 9.58. The van der Waals surface area contributed by atoms with E-state index in [0.29, 0.717) is 5.69 Å². The van der Waals surface area contributed by atoms with Crippen molar-refractivity contribution in [3.05, 3.63) is 58.6 Å². The van der Waals surface area contributed by atoms with Crippen LogP contribution in [0.5, 0.6) is 5.75 Å². The highest BCUT2D eigenvalue weighted by Gasteiger charge is 2.37. The standard InChI is InChI=1S/C15H10ClNO3/c16-11-2-1-3-12-13(11)14(19)15(20)17(12)8-9-4-6-10(18)7-5-9/h1-7,18H,8H2. The van der Waals surface area contributed by atoms with Gasteiger partial charge in [0.25, 0.3) is 11.7 Å². The van der Waals surface area contributed by atoms with Crippen LogP contribution in [0.3, 0.4) is 0 Å². The van der Waals surface area contributed by atoms with Gasteiger partial charge in [0.2, 0.25) is 0 Å². The molecule has 0 radical (unpaired) electrons. The van der Waals surface area contributed by atoms with Gasteiger partial charge >= 0.3 is 0 Å². The molecule has 5 heteroatoms. The summed E-state index contributed by atoms with van der Waals surface area (Å²) >= 11 is 5.99. The maximum atomic E-state index is 12.1. The van der Waals surface area contributed by atoms with Crippen LogP contribution in [-0.4, -0.2) is 16.8 Å². The van der Waals surface area contributed by atoms with Crippen molar-refractivity contribution in [2.75, 3.05) is 4.90 Å². The summed E-state index contributed by atoms with van der Waals surface area (Å²) in [5, 5.41) is 9.54. The summed E-state index contributed by atoms with van der Waals surface area (Å²) in [4.78, 5) is 25.4. The Labute approximate surface area is 120 Å². The zero-order valence-corrected chi connectivity index (χ0v) is 11.1. The van der Waals surface area contributed by atoms with Gasteiger partial charge in [0.05, 0.1) is 22.8 Å². The van der Waals surface area contributed by atoms with Gasteiger partial charge in [-0.2, -0.15) is 0 Å². The molecule has 20 heavy (non-hydrogen) atoms. The van der Waals surface area contributed by atoms with Crippen LogP contribution in [-0.2, 0) is 11.3 Å². The molecule has 1 heterocycles. The Morgan fingerprint density at radius 2 is 1.75 bits per heavy atom. The highest BCUT2D eigenvalue weighted by Crippen LogP contribution is 2.35. The minimum Gasteiger partial charge on any atom is -0.508 e. The van der Waals surface area contributed by atoms with E-state index >= 15 is 0 Å². The molecule has 0 bridgehead atoms. The van der Waals surface area contributed by atoms with Gasteiger partial charge in [-0.15, -0.1) is 0 Å². The number of amides is 1. The Morgan fingerprint density at radius 1 is 1.05 bits per heavy atom. The SMILES string of the molecule is O=C1C(=O)N(Cc2ccc(O)cc2)c2cccc(Cl)c21. The number of nitrogens with zero attached hydrogens (tertiary/aromatic N) is 1. The van der Waals surface area contributed by atoms with Crippen LogP contribution in [0.2, 0.25) is 5.02 Å². The van der Waals surface area contributed by atoms with Crippen molar-refractivity contribution < 1.29 is 14.7 Å². The molecule has 0 fully saturated rings. The summed E-state index contributed by atoms with van der Waals surface area (Å²) in [6.07, 6.45) is 0. The normalized spacial score (nSPS) is 13.8. The lowest BCUT2D eigenvalue weighted by atomic mass is 10.1. The van der Waals surface area contributed by atoms with Gasteiger partial charge in [-0.3, -0.25) is 9.59 Å². The van der Waals surface area contributed by atoms with Crippen molar-refractivity contribution in [2.24, 2.45) is 0 Å². The first-order valence-electron chi connectivity index (χ1n) is 6.00. The van der Waals surface area contributed by atoms with Crippen LogP contribution >= 0.6 is 11.6 Å². The van der Waals surface area contributed by atoms with Crippen LogP contribution in [0.1, 0.15) is 15.9 Å². The summed E-state index contributed by atoms with van der Waals surface area (Å²) in [7, 11) is 0. The maximum Gasteiger partial charge on any atom is 0.299 e. The van der Waals surface area contributed by atoms with Crippen molar-refractivity contribution in [3.63, 3.8) is 0 Å². The molecule has 3 rings (SSSR count). The summed E-state index contributed by atoms with van der Waals surface area (Å²) in [5.74, 6) is -1.01. The monoisotopic (exact) mass is 287 g/mol. The predicted octanol–water partition coefficient (Wildman–Crippen LogP) is 2.78. The maximum absolute atomic E-state index is 12.1. The molecule has 1 aliphatic heterocycles. The first kappa shape index (κ1) is 12.7. The topological polar surface area (TPSA) is 57.6 Å². The third kappa shape index (κ3) is 1.94. The lowest BCUT2D eigenvalue weighted by molar-refractivity contribution is -0.114. The lowest BCUT2D eigenvalue weighted by Crippen LogP contribution is -2.29. The van der Waals surface area contributed by atoms with Crippen molar-refractivity contribution >= 4 is 29.0 Å². The highest BCUT2D eigenvalue weighted by atomic mass is 35.5. The molecule has 100 valence electrons. The third-order valence-corrected chi connectivity index (χ3v) is 3.54. The summed E-state index contributed by atoms with van der Waals surface area (Å²) < 4.78 is 0. The Hall–Kier alpha value is -2.33. The van der Waals surface area contributed by atoms with E-state index in [9.17, 15) is 14.7 Å². The quantitative estimate of drug-likeness (QED) is 0.864. The van der Waals surface area contributed by atoms with E-state index in [1.165, 1.54) is 17.0 Å². The van der Waals surface area contributed by atoms with Gasteiger partial charge < -0.3 is 10.0 Å². The highest BCUT2D eigenvalue weighted by molar-refractivity contribution is 6.55. The summed E-state index contributed by atoms with van der Waals surface area (Å²) in [5.41, 5.74) is 1.61. The predicted molar refractivity (Wildman–Crippen MR) is 75.1 cm³/mol. The number of hydrogen-bond acceptors (Lipinski definition) is 3. The zero-order valence-electron chi connectivity index (χ0n) is 10.3. The van der Waals surface area contributed by atoms with Crippen LogP contribution in [0.25, 0.3) is 0 Å². The Morgan fingerprint density at radius 3 is 2.45 bits per heavy atom. The fraction of sp³-hybridized carbons (Fsp3) is 0.0667.